The predicted octanol–water partition coefficient (Wildman–Crippen LogP) is 2.61. The topological polar surface area (TPSA) is 74.9 Å². The summed E-state index contributed by atoms with van der Waals surface area (Å²) in [6.07, 6.45) is 6.47. The van der Waals surface area contributed by atoms with Gasteiger partial charge < -0.3 is 19.9 Å². The van der Waals surface area contributed by atoms with Crippen molar-refractivity contribution >= 4 is 29.9 Å². The van der Waals surface area contributed by atoms with Crippen LogP contribution in [0.5, 0.6) is 0 Å². The summed E-state index contributed by atoms with van der Waals surface area (Å²) in [7, 11) is 1.82. The van der Waals surface area contributed by atoms with Crippen LogP contribution in [0.15, 0.2) is 9.52 Å². The Morgan fingerprint density at radius 1 is 1.15 bits per heavy atom. The molecule has 0 unspecified atom stereocenters. The van der Waals surface area contributed by atoms with E-state index in [1.807, 2.05) is 20.9 Å². The second-order valence-corrected chi connectivity index (χ2v) is 7.47. The van der Waals surface area contributed by atoms with Crippen molar-refractivity contribution in [3.05, 3.63) is 17.0 Å². The average Bonchev–Trinajstić information content (AvgIpc) is 3.01. The van der Waals surface area contributed by atoms with Gasteiger partial charge >= 0.3 is 0 Å². The molecular weight excluding hydrogens is 457 g/mol. The third kappa shape index (κ3) is 5.57. The van der Waals surface area contributed by atoms with Gasteiger partial charge in [0.05, 0.1) is 18.9 Å². The minimum absolute atomic E-state index is 0. The third-order valence-corrected chi connectivity index (χ3v) is 5.89. The maximum Gasteiger partial charge on any atom is 0.191 e. The molecule has 0 radical (unpaired) electrons. The van der Waals surface area contributed by atoms with Gasteiger partial charge in [-0.15, -0.1) is 24.0 Å². The average molecular weight is 491 g/mol. The molecule has 154 valence electrons. The molecule has 0 amide bonds. The number of nitrogens with zero attached hydrogens (tertiary/aromatic N) is 3. The Kier molecular flexibility index (Phi) is 8.81. The smallest absolute Gasteiger partial charge is 0.191 e. The van der Waals surface area contributed by atoms with Gasteiger partial charge in [-0.3, -0.25) is 9.89 Å². The molecule has 27 heavy (non-hydrogen) atoms. The molecule has 8 heteroatoms. The maximum atomic E-state index is 5.57. The maximum absolute atomic E-state index is 5.57. The Hall–Kier alpha value is -0.870. The zero-order valence-electron chi connectivity index (χ0n) is 16.8. The van der Waals surface area contributed by atoms with Crippen LogP contribution in [-0.2, 0) is 11.3 Å². The van der Waals surface area contributed by atoms with Gasteiger partial charge in [0.1, 0.15) is 5.76 Å². The van der Waals surface area contributed by atoms with E-state index in [0.717, 1.165) is 55.8 Å². The highest BCUT2D eigenvalue weighted by atomic mass is 127. The molecule has 2 heterocycles. The molecule has 2 aliphatic rings. The lowest BCUT2D eigenvalue weighted by atomic mass is 9.80. The standard InChI is InChI=1S/C19H33N5O2.HI/c1-15-17(16(2)26-23-15)13-21-18(20-3)22-14-19(7-5-4-6-8-19)24-9-11-25-12-10-24;/h4-14H2,1-3H3,(H2,20,21,22);1H. The van der Waals surface area contributed by atoms with E-state index in [2.05, 4.69) is 25.7 Å². The monoisotopic (exact) mass is 491 g/mol. The van der Waals surface area contributed by atoms with Gasteiger partial charge in [0.25, 0.3) is 0 Å². The van der Waals surface area contributed by atoms with E-state index in [1.54, 1.807) is 0 Å². The van der Waals surface area contributed by atoms with E-state index in [-0.39, 0.29) is 29.5 Å². The van der Waals surface area contributed by atoms with Crippen LogP contribution in [0, 0.1) is 13.8 Å². The van der Waals surface area contributed by atoms with Crippen molar-refractivity contribution in [2.45, 2.75) is 58.0 Å². The van der Waals surface area contributed by atoms with Crippen LogP contribution in [0.1, 0.15) is 49.1 Å². The van der Waals surface area contributed by atoms with Crippen molar-refractivity contribution in [1.29, 1.82) is 0 Å². The van der Waals surface area contributed by atoms with Crippen LogP contribution in [0.25, 0.3) is 0 Å². The molecule has 0 atom stereocenters. The fraction of sp³-hybridized carbons (Fsp3) is 0.789. The first-order chi connectivity index (χ1) is 12.6. The van der Waals surface area contributed by atoms with Crippen molar-refractivity contribution in [2.75, 3.05) is 39.9 Å². The number of halogens is 1. The van der Waals surface area contributed by atoms with Gasteiger partial charge in [-0.25, -0.2) is 0 Å². The lowest BCUT2D eigenvalue weighted by Gasteiger charge is -2.48. The van der Waals surface area contributed by atoms with E-state index in [0.29, 0.717) is 6.54 Å². The largest absolute Gasteiger partial charge is 0.379 e. The fourth-order valence-electron chi connectivity index (χ4n) is 4.25. The zero-order valence-corrected chi connectivity index (χ0v) is 19.2. The highest BCUT2D eigenvalue weighted by Crippen LogP contribution is 2.33. The Morgan fingerprint density at radius 2 is 1.85 bits per heavy atom. The summed E-state index contributed by atoms with van der Waals surface area (Å²) in [6.45, 7) is 9.28. The molecule has 0 spiro atoms. The molecule has 3 rings (SSSR count). The number of hydrogen-bond acceptors (Lipinski definition) is 5. The highest BCUT2D eigenvalue weighted by Gasteiger charge is 2.38. The van der Waals surface area contributed by atoms with Crippen LogP contribution >= 0.6 is 24.0 Å². The van der Waals surface area contributed by atoms with Crippen molar-refractivity contribution in [1.82, 2.24) is 20.7 Å². The minimum atomic E-state index is 0. The molecule has 7 nitrogen and oxygen atoms in total. The lowest BCUT2D eigenvalue weighted by molar-refractivity contribution is -0.0352. The summed E-state index contributed by atoms with van der Waals surface area (Å²) < 4.78 is 10.8. The predicted molar refractivity (Wildman–Crippen MR) is 118 cm³/mol. The van der Waals surface area contributed by atoms with Gasteiger partial charge in [-0.2, -0.15) is 0 Å². The minimum Gasteiger partial charge on any atom is -0.379 e. The number of ether oxygens (including phenoxy) is 1. The lowest BCUT2D eigenvalue weighted by Crippen LogP contribution is -2.60. The third-order valence-electron chi connectivity index (χ3n) is 5.89. The molecule has 2 N–H and O–H groups in total. The normalized spacial score (nSPS) is 20.8. The zero-order chi connectivity index (χ0) is 18.4. The Labute approximate surface area is 179 Å². The summed E-state index contributed by atoms with van der Waals surface area (Å²) in [4.78, 5) is 7.05. The van der Waals surface area contributed by atoms with E-state index < -0.39 is 0 Å². The molecule has 1 aromatic heterocycles. The fourth-order valence-corrected chi connectivity index (χ4v) is 4.25. The number of hydrogen-bond donors (Lipinski definition) is 2. The molecule has 1 aliphatic carbocycles. The number of guanidine groups is 1. The molecule has 1 aromatic rings. The number of aliphatic imine (C=N–C) groups is 1. The summed E-state index contributed by atoms with van der Waals surface area (Å²) in [5.74, 6) is 1.70. The van der Waals surface area contributed by atoms with Crippen molar-refractivity contribution in [3.8, 4) is 0 Å². The first-order valence-corrected chi connectivity index (χ1v) is 9.84. The molecule has 0 bridgehead atoms. The van der Waals surface area contributed by atoms with Crippen molar-refractivity contribution in [2.24, 2.45) is 4.99 Å². The van der Waals surface area contributed by atoms with Gasteiger partial charge in [-0.05, 0) is 26.7 Å². The highest BCUT2D eigenvalue weighted by molar-refractivity contribution is 14.0. The Morgan fingerprint density at radius 3 is 2.44 bits per heavy atom. The molecule has 1 saturated heterocycles. The second-order valence-electron chi connectivity index (χ2n) is 7.47. The molecule has 2 fully saturated rings. The number of nitrogens with one attached hydrogen (secondary N) is 2. The van der Waals surface area contributed by atoms with Gasteiger partial charge in [0.15, 0.2) is 5.96 Å². The molecule has 1 aliphatic heterocycles. The van der Waals surface area contributed by atoms with Crippen LogP contribution in [0.3, 0.4) is 0 Å². The molecule has 1 saturated carbocycles. The van der Waals surface area contributed by atoms with Crippen LogP contribution in [0.4, 0.5) is 0 Å². The SMILES string of the molecule is CN=C(NCc1c(C)noc1C)NCC1(N2CCOCC2)CCCCC1.I. The van der Waals surface area contributed by atoms with E-state index in [4.69, 9.17) is 9.26 Å². The Bertz CT molecular complexity index is 588. The number of aromatic nitrogens is 1. The first kappa shape index (κ1) is 22.4. The molecule has 0 aromatic carbocycles. The van der Waals surface area contributed by atoms with E-state index >= 15 is 0 Å². The van der Waals surface area contributed by atoms with Crippen LogP contribution in [0.2, 0.25) is 0 Å². The van der Waals surface area contributed by atoms with Crippen LogP contribution < -0.4 is 10.6 Å². The van der Waals surface area contributed by atoms with Crippen LogP contribution in [-0.4, -0.2) is 61.5 Å². The van der Waals surface area contributed by atoms with Gasteiger partial charge in [0, 0.05) is 44.3 Å². The molecular formula is C19H34IN5O2. The quantitative estimate of drug-likeness (QED) is 0.375. The summed E-state index contributed by atoms with van der Waals surface area (Å²) in [6, 6.07) is 0. The van der Waals surface area contributed by atoms with E-state index in [1.165, 1.54) is 32.1 Å². The number of rotatable bonds is 5. The first-order valence-electron chi connectivity index (χ1n) is 9.84. The summed E-state index contributed by atoms with van der Waals surface area (Å²) >= 11 is 0. The number of morpholine rings is 1. The Balaban J connectivity index is 0.00000261. The number of aryl methyl sites for hydroxylation is 2. The van der Waals surface area contributed by atoms with Crippen molar-refractivity contribution < 1.29 is 9.26 Å². The summed E-state index contributed by atoms with van der Waals surface area (Å²) in [5.41, 5.74) is 2.26. The van der Waals surface area contributed by atoms with E-state index in [9.17, 15) is 0 Å². The second kappa shape index (κ2) is 10.6. The summed E-state index contributed by atoms with van der Waals surface area (Å²) in [5, 5.41) is 11.0. The van der Waals surface area contributed by atoms with Gasteiger partial charge in [-0.1, -0.05) is 24.4 Å². The van der Waals surface area contributed by atoms with Gasteiger partial charge in [0.2, 0.25) is 0 Å². The van der Waals surface area contributed by atoms with Crippen molar-refractivity contribution in [3.63, 3.8) is 0 Å².